The van der Waals surface area contributed by atoms with E-state index in [0.717, 1.165) is 0 Å². The molecule has 0 saturated heterocycles. The zero-order valence-corrected chi connectivity index (χ0v) is 8.48. The largest absolute Gasteiger partial charge is 0.299 e. The molecular weight excluding hydrogens is 209 g/mol. The van der Waals surface area contributed by atoms with Crippen molar-refractivity contribution in [2.24, 2.45) is 0 Å². The number of alkyl halides is 3. The summed E-state index contributed by atoms with van der Waals surface area (Å²) in [6.07, 6.45) is -1.23. The first-order valence-electron chi connectivity index (χ1n) is 4.96. The van der Waals surface area contributed by atoms with Gasteiger partial charge in [-0.1, -0.05) is 12.8 Å². The van der Waals surface area contributed by atoms with Crippen molar-refractivity contribution >= 4 is 11.6 Å². The fourth-order valence-electron chi connectivity index (χ4n) is 1.13. The van der Waals surface area contributed by atoms with E-state index in [4.69, 9.17) is 0 Å². The minimum Gasteiger partial charge on any atom is -0.299 e. The molecule has 0 aromatic carbocycles. The molecule has 0 amide bonds. The molecule has 0 aromatic heterocycles. The lowest BCUT2D eigenvalue weighted by Gasteiger charge is -2.00. The maximum atomic E-state index is 11.7. The molecule has 0 saturated carbocycles. The third-order valence-electron chi connectivity index (χ3n) is 1.95. The predicted molar refractivity (Wildman–Crippen MR) is 49.7 cm³/mol. The summed E-state index contributed by atoms with van der Waals surface area (Å²) in [5.74, 6) is -1.77. The number of hydrogen-bond acceptors (Lipinski definition) is 2. The molecule has 0 aliphatic carbocycles. The van der Waals surface area contributed by atoms with Gasteiger partial charge in [0.05, 0.1) is 13.1 Å². The van der Waals surface area contributed by atoms with Gasteiger partial charge in [-0.2, -0.15) is 0 Å². The van der Waals surface area contributed by atoms with Crippen LogP contribution in [0.3, 0.4) is 0 Å². The van der Waals surface area contributed by atoms with E-state index >= 15 is 0 Å². The van der Waals surface area contributed by atoms with Crippen molar-refractivity contribution in [1.82, 2.24) is 0 Å². The lowest BCUT2D eigenvalue weighted by Crippen LogP contribution is -2.15. The second kappa shape index (κ2) is 8.44. The molecule has 0 heterocycles. The Hall–Kier alpha value is -0.870. The highest BCUT2D eigenvalue weighted by atomic mass is 19.3. The lowest BCUT2D eigenvalue weighted by atomic mass is 10.1. The Morgan fingerprint density at radius 2 is 1.60 bits per heavy atom. The zero-order valence-electron chi connectivity index (χ0n) is 8.48. The Kier molecular flexibility index (Phi) is 7.95. The Morgan fingerprint density at radius 3 is 2.13 bits per heavy atom. The first-order valence-corrected chi connectivity index (χ1v) is 4.96. The first-order chi connectivity index (χ1) is 7.07. The molecular formula is C10H15F3O2. The van der Waals surface area contributed by atoms with Crippen LogP contribution in [0, 0.1) is 0 Å². The molecule has 0 aliphatic rings. The Balaban J connectivity index is 3.45. The molecule has 0 spiro atoms. The van der Waals surface area contributed by atoms with Crippen molar-refractivity contribution in [3.63, 3.8) is 0 Å². The first kappa shape index (κ1) is 14.1. The average molecular weight is 224 g/mol. The summed E-state index contributed by atoms with van der Waals surface area (Å²) in [7, 11) is 0. The number of rotatable bonds is 9. The highest BCUT2D eigenvalue weighted by Crippen LogP contribution is 2.07. The van der Waals surface area contributed by atoms with Gasteiger partial charge in [0.2, 0.25) is 5.78 Å². The van der Waals surface area contributed by atoms with E-state index in [-0.39, 0.29) is 13.1 Å². The van der Waals surface area contributed by atoms with Crippen molar-refractivity contribution in [3.05, 3.63) is 0 Å². The van der Waals surface area contributed by atoms with E-state index < -0.39 is 24.4 Å². The molecule has 0 aromatic rings. The number of Topliss-reactive ketones (excluding diaryl/α,β-unsaturated/α-hetero) is 2. The number of hydrogen-bond donors (Lipinski definition) is 0. The second-order valence-corrected chi connectivity index (χ2v) is 3.34. The summed E-state index contributed by atoms with van der Waals surface area (Å²) in [6.45, 7) is -0.377. The Bertz CT molecular complexity index is 205. The zero-order chi connectivity index (χ0) is 11.7. The second-order valence-electron chi connectivity index (χ2n) is 3.34. The maximum absolute atomic E-state index is 11.7. The van der Waals surface area contributed by atoms with Crippen molar-refractivity contribution in [2.75, 3.05) is 6.67 Å². The number of unbranched alkanes of at least 4 members (excludes halogenated alkanes) is 3. The molecule has 0 rings (SSSR count). The standard InChI is InChI=1S/C10H15F3O2/c11-6-4-2-1-3-5-8(14)7-9(15)10(12)13/h10H,1-7H2. The summed E-state index contributed by atoms with van der Waals surface area (Å²) >= 11 is 0. The van der Waals surface area contributed by atoms with Gasteiger partial charge in [0.25, 0.3) is 6.43 Å². The smallest absolute Gasteiger partial charge is 0.296 e. The van der Waals surface area contributed by atoms with Gasteiger partial charge in [0.15, 0.2) is 0 Å². The van der Waals surface area contributed by atoms with Gasteiger partial charge in [-0.3, -0.25) is 14.0 Å². The van der Waals surface area contributed by atoms with Crippen LogP contribution in [0.15, 0.2) is 0 Å². The normalized spacial score (nSPS) is 10.7. The van der Waals surface area contributed by atoms with Gasteiger partial charge < -0.3 is 0 Å². The topological polar surface area (TPSA) is 34.1 Å². The van der Waals surface area contributed by atoms with Crippen molar-refractivity contribution in [1.29, 1.82) is 0 Å². The van der Waals surface area contributed by atoms with E-state index in [1.807, 2.05) is 0 Å². The molecule has 2 nitrogen and oxygen atoms in total. The molecule has 88 valence electrons. The van der Waals surface area contributed by atoms with Crippen molar-refractivity contribution in [2.45, 2.75) is 45.0 Å². The summed E-state index contributed by atoms with van der Waals surface area (Å²) in [6, 6.07) is 0. The number of halogens is 3. The third kappa shape index (κ3) is 8.15. The van der Waals surface area contributed by atoms with Crippen LogP contribution < -0.4 is 0 Å². The molecule has 0 N–H and O–H groups in total. The predicted octanol–water partition coefficient (Wildman–Crippen LogP) is 2.70. The molecule has 15 heavy (non-hydrogen) atoms. The van der Waals surface area contributed by atoms with Gasteiger partial charge >= 0.3 is 0 Å². The molecule has 0 radical (unpaired) electrons. The fourth-order valence-corrected chi connectivity index (χ4v) is 1.13. The number of ketones is 2. The summed E-state index contributed by atoms with van der Waals surface area (Å²) in [5.41, 5.74) is 0. The monoisotopic (exact) mass is 224 g/mol. The van der Waals surface area contributed by atoms with E-state index in [1.54, 1.807) is 0 Å². The Labute approximate surface area is 86.8 Å². The van der Waals surface area contributed by atoms with Crippen LogP contribution in [0.1, 0.15) is 38.5 Å². The quantitative estimate of drug-likeness (QED) is 0.445. The highest BCUT2D eigenvalue weighted by molar-refractivity contribution is 6.00. The van der Waals surface area contributed by atoms with Gasteiger partial charge in [-0.05, 0) is 12.8 Å². The molecule has 0 aliphatic heterocycles. The summed E-state index contributed by atoms with van der Waals surface area (Å²) in [4.78, 5) is 21.4. The third-order valence-corrected chi connectivity index (χ3v) is 1.95. The summed E-state index contributed by atoms with van der Waals surface area (Å²) < 4.78 is 35.1. The van der Waals surface area contributed by atoms with Crippen LogP contribution in [-0.4, -0.2) is 24.7 Å². The van der Waals surface area contributed by atoms with Gasteiger partial charge in [0.1, 0.15) is 5.78 Å². The van der Waals surface area contributed by atoms with Crippen LogP contribution in [0.4, 0.5) is 13.2 Å². The van der Waals surface area contributed by atoms with Gasteiger partial charge in [-0.15, -0.1) is 0 Å². The van der Waals surface area contributed by atoms with Crippen LogP contribution in [-0.2, 0) is 9.59 Å². The molecule has 0 atom stereocenters. The molecule has 0 fully saturated rings. The van der Waals surface area contributed by atoms with E-state index in [0.29, 0.717) is 25.7 Å². The van der Waals surface area contributed by atoms with E-state index in [2.05, 4.69) is 0 Å². The molecule has 5 heteroatoms. The van der Waals surface area contributed by atoms with Crippen molar-refractivity contribution in [3.8, 4) is 0 Å². The van der Waals surface area contributed by atoms with Crippen LogP contribution in [0.25, 0.3) is 0 Å². The minimum absolute atomic E-state index is 0.130. The van der Waals surface area contributed by atoms with Crippen molar-refractivity contribution < 1.29 is 22.8 Å². The fraction of sp³-hybridized carbons (Fsp3) is 0.800. The van der Waals surface area contributed by atoms with E-state index in [9.17, 15) is 22.8 Å². The van der Waals surface area contributed by atoms with Crippen LogP contribution >= 0.6 is 0 Å². The van der Waals surface area contributed by atoms with Gasteiger partial charge in [-0.25, -0.2) is 8.78 Å². The van der Waals surface area contributed by atoms with Crippen LogP contribution in [0.2, 0.25) is 0 Å². The number of carbonyl (C=O) groups is 2. The average Bonchev–Trinajstić information content (AvgIpc) is 2.17. The summed E-state index contributed by atoms with van der Waals surface area (Å²) in [5, 5.41) is 0. The Morgan fingerprint density at radius 1 is 1.00 bits per heavy atom. The molecule has 0 bridgehead atoms. The van der Waals surface area contributed by atoms with E-state index in [1.165, 1.54) is 0 Å². The maximum Gasteiger partial charge on any atom is 0.296 e. The molecule has 0 unspecified atom stereocenters. The SMILES string of the molecule is O=C(CCCCCCF)CC(=O)C(F)F. The highest BCUT2D eigenvalue weighted by Gasteiger charge is 2.18. The van der Waals surface area contributed by atoms with Crippen LogP contribution in [0.5, 0.6) is 0 Å². The lowest BCUT2D eigenvalue weighted by molar-refractivity contribution is -0.134. The number of carbonyl (C=O) groups excluding carboxylic acids is 2. The van der Waals surface area contributed by atoms with Gasteiger partial charge in [0, 0.05) is 6.42 Å². The minimum atomic E-state index is -3.06.